The topological polar surface area (TPSA) is 87.5 Å². The largest absolute Gasteiger partial charge is 0.493 e. The fourth-order valence-corrected chi connectivity index (χ4v) is 4.53. The molecule has 0 radical (unpaired) electrons. The third-order valence-corrected chi connectivity index (χ3v) is 6.27. The van der Waals surface area contributed by atoms with E-state index >= 15 is 0 Å². The van der Waals surface area contributed by atoms with E-state index in [2.05, 4.69) is 31.4 Å². The summed E-state index contributed by atoms with van der Waals surface area (Å²) >= 11 is 10.8. The number of hydrogen-bond donors (Lipinski definition) is 1. The normalized spacial score (nSPS) is 10.7. The third kappa shape index (κ3) is 5.31. The molecule has 11 heteroatoms. The van der Waals surface area contributed by atoms with E-state index in [4.69, 9.17) is 25.8 Å². The van der Waals surface area contributed by atoms with E-state index in [-0.39, 0.29) is 11.7 Å². The van der Waals surface area contributed by atoms with E-state index in [9.17, 15) is 4.79 Å². The molecular formula is C21H22BrClN4O4S. The summed E-state index contributed by atoms with van der Waals surface area (Å²) in [6.45, 7) is 2.60. The number of amides is 1. The molecule has 1 aromatic heterocycles. The average molecular weight is 542 g/mol. The molecule has 170 valence electrons. The zero-order valence-electron chi connectivity index (χ0n) is 17.9. The summed E-state index contributed by atoms with van der Waals surface area (Å²) in [5.74, 6) is 2.13. The molecule has 1 amide bonds. The summed E-state index contributed by atoms with van der Waals surface area (Å²) in [6.07, 6.45) is 0. The molecule has 0 bridgehead atoms. The molecule has 2 aromatic carbocycles. The van der Waals surface area contributed by atoms with Crippen LogP contribution >= 0.6 is 39.3 Å². The zero-order chi connectivity index (χ0) is 23.3. The fourth-order valence-electron chi connectivity index (χ4n) is 3.01. The lowest BCUT2D eigenvalue weighted by molar-refractivity contribution is -0.113. The van der Waals surface area contributed by atoms with E-state index in [0.29, 0.717) is 45.5 Å². The molecular weight excluding hydrogens is 520 g/mol. The van der Waals surface area contributed by atoms with Crippen LogP contribution in [-0.2, 0) is 11.3 Å². The van der Waals surface area contributed by atoms with Crippen molar-refractivity contribution >= 4 is 50.9 Å². The molecule has 1 heterocycles. The van der Waals surface area contributed by atoms with Gasteiger partial charge in [-0.05, 0) is 37.3 Å². The molecule has 0 fully saturated rings. The monoisotopic (exact) mass is 540 g/mol. The fraction of sp³-hybridized carbons (Fsp3) is 0.286. The summed E-state index contributed by atoms with van der Waals surface area (Å²) < 4.78 is 19.0. The van der Waals surface area contributed by atoms with E-state index in [1.54, 1.807) is 33.5 Å². The van der Waals surface area contributed by atoms with Crippen molar-refractivity contribution in [2.75, 3.05) is 32.4 Å². The molecule has 0 aliphatic heterocycles. The first-order valence-corrected chi connectivity index (χ1v) is 11.7. The number of anilines is 1. The van der Waals surface area contributed by atoms with Crippen molar-refractivity contribution in [2.24, 2.45) is 0 Å². The summed E-state index contributed by atoms with van der Waals surface area (Å²) in [6, 6.07) is 8.91. The van der Waals surface area contributed by atoms with Gasteiger partial charge in [0.15, 0.2) is 22.5 Å². The number of hydrogen-bond acceptors (Lipinski definition) is 7. The first kappa shape index (κ1) is 24.2. The quantitative estimate of drug-likeness (QED) is 0.375. The van der Waals surface area contributed by atoms with Crippen molar-refractivity contribution in [2.45, 2.75) is 18.6 Å². The van der Waals surface area contributed by atoms with Gasteiger partial charge < -0.3 is 24.1 Å². The van der Waals surface area contributed by atoms with Crippen molar-refractivity contribution in [3.63, 3.8) is 0 Å². The number of halogens is 2. The van der Waals surface area contributed by atoms with E-state index in [1.807, 2.05) is 29.7 Å². The maximum atomic E-state index is 12.4. The molecule has 3 rings (SSSR count). The third-order valence-electron chi connectivity index (χ3n) is 4.49. The second kappa shape index (κ2) is 10.9. The van der Waals surface area contributed by atoms with Gasteiger partial charge in [-0.25, -0.2) is 0 Å². The van der Waals surface area contributed by atoms with Gasteiger partial charge in [-0.15, -0.1) is 10.2 Å². The van der Waals surface area contributed by atoms with Gasteiger partial charge in [0.1, 0.15) is 0 Å². The highest BCUT2D eigenvalue weighted by Crippen LogP contribution is 2.41. The minimum Gasteiger partial charge on any atom is -0.493 e. The Morgan fingerprint density at radius 2 is 1.81 bits per heavy atom. The number of thioether (sulfide) groups is 1. The maximum Gasteiger partial charge on any atom is 0.234 e. The smallest absolute Gasteiger partial charge is 0.234 e. The Bertz CT molecular complexity index is 1100. The van der Waals surface area contributed by atoms with Crippen LogP contribution in [0.2, 0.25) is 5.02 Å². The van der Waals surface area contributed by atoms with Gasteiger partial charge in [0, 0.05) is 16.6 Å². The van der Waals surface area contributed by atoms with Gasteiger partial charge in [0.2, 0.25) is 11.7 Å². The molecule has 8 nitrogen and oxygen atoms in total. The Morgan fingerprint density at radius 1 is 1.12 bits per heavy atom. The Kier molecular flexibility index (Phi) is 8.27. The van der Waals surface area contributed by atoms with E-state index in [0.717, 1.165) is 10.0 Å². The maximum absolute atomic E-state index is 12.4. The number of aromatic nitrogens is 3. The number of methoxy groups -OCH3 is 3. The molecule has 32 heavy (non-hydrogen) atoms. The minimum atomic E-state index is -0.195. The first-order valence-electron chi connectivity index (χ1n) is 9.53. The lowest BCUT2D eigenvalue weighted by Crippen LogP contribution is -2.15. The molecule has 1 N–H and O–H groups in total. The van der Waals surface area contributed by atoms with Crippen molar-refractivity contribution in [3.8, 4) is 28.6 Å². The summed E-state index contributed by atoms with van der Waals surface area (Å²) in [4.78, 5) is 12.4. The van der Waals surface area contributed by atoms with Crippen LogP contribution in [0, 0.1) is 0 Å². The predicted octanol–water partition coefficient (Wildman–Crippen LogP) is 5.14. The van der Waals surface area contributed by atoms with Gasteiger partial charge in [-0.2, -0.15) is 0 Å². The Labute approximate surface area is 203 Å². The van der Waals surface area contributed by atoms with Crippen LogP contribution < -0.4 is 19.5 Å². The molecule has 0 atom stereocenters. The van der Waals surface area contributed by atoms with E-state index < -0.39 is 0 Å². The number of nitrogens with zero attached hydrogens (tertiary/aromatic N) is 3. The SMILES string of the molecule is CCn1c(SCC(=O)Nc2ccc(Br)cc2Cl)nnc1-c1cc(OC)c(OC)c(OC)c1. The molecule has 0 unspecified atom stereocenters. The molecule has 3 aromatic rings. The predicted molar refractivity (Wildman–Crippen MR) is 129 cm³/mol. The van der Waals surface area contributed by atoms with Crippen LogP contribution in [-0.4, -0.2) is 47.8 Å². The molecule has 0 aliphatic carbocycles. The number of carbonyl (C=O) groups is 1. The molecule has 0 saturated carbocycles. The van der Waals surface area contributed by atoms with Crippen LogP contribution in [0.5, 0.6) is 17.2 Å². The lowest BCUT2D eigenvalue weighted by Gasteiger charge is -2.14. The first-order chi connectivity index (χ1) is 15.4. The number of benzene rings is 2. The van der Waals surface area contributed by atoms with Crippen molar-refractivity contribution in [1.82, 2.24) is 14.8 Å². The van der Waals surface area contributed by atoms with Gasteiger partial charge in [0.05, 0.1) is 37.8 Å². The van der Waals surface area contributed by atoms with Crippen LogP contribution in [0.25, 0.3) is 11.4 Å². The molecule has 0 aliphatic rings. The van der Waals surface area contributed by atoms with Crippen LogP contribution in [0.15, 0.2) is 40.0 Å². The standard InChI is InChI=1S/C21H22BrClN4O4S/c1-5-27-20(12-8-16(29-2)19(31-4)17(9-12)30-3)25-26-21(27)32-11-18(28)24-15-7-6-13(22)10-14(15)23/h6-10H,5,11H2,1-4H3,(H,24,28). The number of rotatable bonds is 9. The van der Waals surface area contributed by atoms with Crippen molar-refractivity contribution in [3.05, 3.63) is 39.8 Å². The zero-order valence-corrected chi connectivity index (χ0v) is 21.1. The van der Waals surface area contributed by atoms with E-state index in [1.165, 1.54) is 11.8 Å². The Morgan fingerprint density at radius 3 is 2.38 bits per heavy atom. The highest BCUT2D eigenvalue weighted by molar-refractivity contribution is 9.10. The number of ether oxygens (including phenoxy) is 3. The van der Waals surface area contributed by atoms with Gasteiger partial charge in [0.25, 0.3) is 0 Å². The highest BCUT2D eigenvalue weighted by atomic mass is 79.9. The van der Waals surface area contributed by atoms with Gasteiger partial charge >= 0.3 is 0 Å². The Balaban J connectivity index is 1.80. The minimum absolute atomic E-state index is 0.153. The van der Waals surface area contributed by atoms with Crippen LogP contribution in [0.3, 0.4) is 0 Å². The average Bonchev–Trinajstić information content (AvgIpc) is 3.21. The molecule has 0 spiro atoms. The summed E-state index contributed by atoms with van der Waals surface area (Å²) in [5, 5.41) is 12.5. The van der Waals surface area contributed by atoms with Crippen molar-refractivity contribution in [1.29, 1.82) is 0 Å². The lowest BCUT2D eigenvalue weighted by atomic mass is 10.1. The van der Waals surface area contributed by atoms with Crippen molar-refractivity contribution < 1.29 is 19.0 Å². The van der Waals surface area contributed by atoms with Gasteiger partial charge in [-0.1, -0.05) is 39.3 Å². The van der Waals surface area contributed by atoms with Crippen LogP contribution in [0.4, 0.5) is 5.69 Å². The summed E-state index contributed by atoms with van der Waals surface area (Å²) in [5.41, 5.74) is 1.31. The summed E-state index contributed by atoms with van der Waals surface area (Å²) in [7, 11) is 4.67. The second-order valence-electron chi connectivity index (χ2n) is 6.43. The number of carbonyl (C=O) groups excluding carboxylic acids is 1. The van der Waals surface area contributed by atoms with Gasteiger partial charge in [-0.3, -0.25) is 4.79 Å². The van der Waals surface area contributed by atoms with Crippen LogP contribution in [0.1, 0.15) is 6.92 Å². The highest BCUT2D eigenvalue weighted by Gasteiger charge is 2.20. The number of nitrogens with one attached hydrogen (secondary N) is 1. The molecule has 0 saturated heterocycles. The second-order valence-corrected chi connectivity index (χ2v) is 8.69. The Hall–Kier alpha value is -2.43.